The van der Waals surface area contributed by atoms with Gasteiger partial charge in [0, 0.05) is 6.54 Å². The van der Waals surface area contributed by atoms with E-state index < -0.39 is 12.2 Å². The van der Waals surface area contributed by atoms with E-state index in [0.29, 0.717) is 0 Å². The quantitative estimate of drug-likeness (QED) is 0.514. The molecular weight excluding hydrogens is 169 g/mol. The molecule has 0 aromatic heterocycles. The van der Waals surface area contributed by atoms with E-state index in [0.717, 1.165) is 5.32 Å². The highest BCUT2D eigenvalue weighted by Crippen LogP contribution is 2.32. The Hall–Kier alpha value is -0.390. The Morgan fingerprint density at radius 2 is 1.55 bits per heavy atom. The first-order chi connectivity index (χ1) is 4.81. The van der Waals surface area contributed by atoms with Gasteiger partial charge in [0.15, 0.2) is 0 Å². The SMILES string of the molecule is CCCNC(F)(F)C(F)(F)F. The fourth-order valence-electron chi connectivity index (χ4n) is 0.382. The molecule has 0 spiro atoms. The van der Waals surface area contributed by atoms with Crippen molar-refractivity contribution in [2.45, 2.75) is 25.6 Å². The molecule has 0 fully saturated rings. The second kappa shape index (κ2) is 3.34. The minimum absolute atomic E-state index is 0.228. The molecule has 1 N–H and O–H groups in total. The zero-order valence-corrected chi connectivity index (χ0v) is 5.80. The van der Waals surface area contributed by atoms with E-state index in [1.54, 1.807) is 0 Å². The lowest BCUT2D eigenvalue weighted by molar-refractivity contribution is -0.295. The van der Waals surface area contributed by atoms with Gasteiger partial charge in [-0.3, -0.25) is 5.32 Å². The zero-order chi connectivity index (χ0) is 9.12. The summed E-state index contributed by atoms with van der Waals surface area (Å²) in [5.74, 6) is 0. The van der Waals surface area contributed by atoms with Crippen molar-refractivity contribution in [1.82, 2.24) is 5.32 Å². The van der Waals surface area contributed by atoms with Crippen LogP contribution < -0.4 is 5.32 Å². The second-order valence-corrected chi connectivity index (χ2v) is 2.00. The third kappa shape index (κ3) is 3.00. The largest absolute Gasteiger partial charge is 0.469 e. The van der Waals surface area contributed by atoms with Crippen LogP contribution in [0, 0.1) is 0 Å². The second-order valence-electron chi connectivity index (χ2n) is 2.00. The van der Waals surface area contributed by atoms with Crippen LogP contribution in [0.2, 0.25) is 0 Å². The third-order valence-electron chi connectivity index (χ3n) is 0.953. The smallest absolute Gasteiger partial charge is 0.250 e. The van der Waals surface area contributed by atoms with Crippen LogP contribution in [0.4, 0.5) is 22.0 Å². The lowest BCUT2D eigenvalue weighted by atomic mass is 10.4. The predicted octanol–water partition coefficient (Wildman–Crippen LogP) is 2.14. The molecule has 0 aliphatic carbocycles. The molecule has 0 bridgehead atoms. The lowest BCUT2D eigenvalue weighted by Gasteiger charge is -2.19. The summed E-state index contributed by atoms with van der Waals surface area (Å²) < 4.78 is 57.8. The van der Waals surface area contributed by atoms with Gasteiger partial charge in [0.05, 0.1) is 0 Å². The molecule has 0 unspecified atom stereocenters. The molecule has 0 rings (SSSR count). The van der Waals surface area contributed by atoms with Crippen LogP contribution in [-0.4, -0.2) is 18.8 Å². The summed E-state index contributed by atoms with van der Waals surface area (Å²) in [6.07, 6.45) is -5.27. The van der Waals surface area contributed by atoms with Crippen molar-refractivity contribution in [2.75, 3.05) is 6.54 Å². The van der Waals surface area contributed by atoms with Crippen LogP contribution in [0.1, 0.15) is 13.3 Å². The van der Waals surface area contributed by atoms with E-state index in [1.807, 2.05) is 0 Å². The number of hydrogen-bond acceptors (Lipinski definition) is 1. The number of rotatable bonds is 3. The van der Waals surface area contributed by atoms with Crippen molar-refractivity contribution in [2.24, 2.45) is 0 Å². The fourth-order valence-corrected chi connectivity index (χ4v) is 0.382. The molecular formula is C5H8F5N. The predicted molar refractivity (Wildman–Crippen MR) is 29.3 cm³/mol. The van der Waals surface area contributed by atoms with Gasteiger partial charge in [-0.25, -0.2) is 0 Å². The van der Waals surface area contributed by atoms with Gasteiger partial charge in [-0.2, -0.15) is 22.0 Å². The molecule has 0 saturated heterocycles. The van der Waals surface area contributed by atoms with Gasteiger partial charge in [0.2, 0.25) is 0 Å². The van der Waals surface area contributed by atoms with Crippen LogP contribution in [0.5, 0.6) is 0 Å². The molecule has 68 valence electrons. The first-order valence-corrected chi connectivity index (χ1v) is 3.01. The van der Waals surface area contributed by atoms with Gasteiger partial charge >= 0.3 is 12.2 Å². The monoisotopic (exact) mass is 177 g/mol. The Balaban J connectivity index is 4.00. The molecule has 1 nitrogen and oxygen atoms in total. The summed E-state index contributed by atoms with van der Waals surface area (Å²) in [7, 11) is 0. The van der Waals surface area contributed by atoms with Gasteiger partial charge in [0.25, 0.3) is 0 Å². The molecule has 0 saturated carbocycles. The third-order valence-corrected chi connectivity index (χ3v) is 0.953. The Labute approximate surface area is 60.6 Å². The Morgan fingerprint density at radius 3 is 1.82 bits per heavy atom. The molecule has 0 radical (unpaired) electrons. The Morgan fingerprint density at radius 1 is 1.09 bits per heavy atom. The van der Waals surface area contributed by atoms with Gasteiger partial charge in [-0.15, -0.1) is 0 Å². The van der Waals surface area contributed by atoms with E-state index in [9.17, 15) is 22.0 Å². The number of halogens is 5. The van der Waals surface area contributed by atoms with Crippen LogP contribution in [-0.2, 0) is 0 Å². The van der Waals surface area contributed by atoms with Crippen molar-refractivity contribution in [3.8, 4) is 0 Å². The maximum absolute atomic E-state index is 11.9. The van der Waals surface area contributed by atoms with E-state index >= 15 is 0 Å². The van der Waals surface area contributed by atoms with Crippen LogP contribution in [0.15, 0.2) is 0 Å². The molecule has 6 heteroatoms. The molecule has 0 heterocycles. The summed E-state index contributed by atoms with van der Waals surface area (Å²) in [5, 5.41) is 1.09. The molecule has 0 aromatic carbocycles. The highest BCUT2D eigenvalue weighted by Gasteiger charge is 2.57. The van der Waals surface area contributed by atoms with E-state index in [-0.39, 0.29) is 13.0 Å². The fraction of sp³-hybridized carbons (Fsp3) is 1.00. The number of alkyl halides is 5. The van der Waals surface area contributed by atoms with Crippen molar-refractivity contribution in [3.05, 3.63) is 0 Å². The summed E-state index contributed by atoms with van der Waals surface area (Å²) in [6, 6.07) is -4.76. The maximum atomic E-state index is 11.9. The summed E-state index contributed by atoms with van der Waals surface area (Å²) in [6.45, 7) is 1.14. The standard InChI is InChI=1S/C5H8F5N/c1-2-3-11-5(9,10)4(6,7)8/h11H,2-3H2,1H3. The Bertz CT molecular complexity index is 119. The van der Waals surface area contributed by atoms with Crippen molar-refractivity contribution < 1.29 is 22.0 Å². The van der Waals surface area contributed by atoms with Gasteiger partial charge in [-0.1, -0.05) is 6.92 Å². The molecule has 0 atom stereocenters. The van der Waals surface area contributed by atoms with Gasteiger partial charge < -0.3 is 0 Å². The molecule has 0 aromatic rings. The van der Waals surface area contributed by atoms with Crippen molar-refractivity contribution >= 4 is 0 Å². The van der Waals surface area contributed by atoms with Crippen LogP contribution in [0.3, 0.4) is 0 Å². The lowest BCUT2D eigenvalue weighted by Crippen LogP contribution is -2.49. The van der Waals surface area contributed by atoms with Gasteiger partial charge in [-0.05, 0) is 6.42 Å². The first kappa shape index (κ1) is 10.6. The van der Waals surface area contributed by atoms with E-state index in [2.05, 4.69) is 0 Å². The normalized spacial score (nSPS) is 13.6. The zero-order valence-electron chi connectivity index (χ0n) is 5.80. The number of hydrogen-bond donors (Lipinski definition) is 1. The van der Waals surface area contributed by atoms with Gasteiger partial charge in [0.1, 0.15) is 0 Å². The van der Waals surface area contributed by atoms with E-state index in [1.165, 1.54) is 6.92 Å². The highest BCUT2D eigenvalue weighted by atomic mass is 19.4. The number of nitrogens with one attached hydrogen (secondary N) is 1. The molecule has 0 aliphatic rings. The Kier molecular flexibility index (Phi) is 3.22. The molecule has 11 heavy (non-hydrogen) atoms. The molecule has 0 aliphatic heterocycles. The summed E-state index contributed by atoms with van der Waals surface area (Å²) in [4.78, 5) is 0. The van der Waals surface area contributed by atoms with Crippen molar-refractivity contribution in [3.63, 3.8) is 0 Å². The first-order valence-electron chi connectivity index (χ1n) is 3.01. The maximum Gasteiger partial charge on any atom is 0.469 e. The van der Waals surface area contributed by atoms with E-state index in [4.69, 9.17) is 0 Å². The minimum atomic E-state index is -5.50. The topological polar surface area (TPSA) is 12.0 Å². The summed E-state index contributed by atoms with van der Waals surface area (Å²) in [5.41, 5.74) is 0. The van der Waals surface area contributed by atoms with Crippen LogP contribution >= 0.6 is 0 Å². The summed E-state index contributed by atoms with van der Waals surface area (Å²) >= 11 is 0. The van der Waals surface area contributed by atoms with Crippen LogP contribution in [0.25, 0.3) is 0 Å². The minimum Gasteiger partial charge on any atom is -0.250 e. The average molecular weight is 177 g/mol. The molecule has 0 amide bonds. The van der Waals surface area contributed by atoms with Crippen molar-refractivity contribution in [1.29, 1.82) is 0 Å². The average Bonchev–Trinajstić information content (AvgIpc) is 1.81. The highest BCUT2D eigenvalue weighted by molar-refractivity contribution is 4.71.